The van der Waals surface area contributed by atoms with Crippen molar-refractivity contribution in [2.75, 3.05) is 6.54 Å². The van der Waals surface area contributed by atoms with Gasteiger partial charge in [-0.05, 0) is 18.2 Å². The largest absolute Gasteiger partial charge is 0.493 e. The van der Waals surface area contributed by atoms with Crippen LogP contribution in [0.5, 0.6) is 5.88 Å². The maximum atomic E-state index is 11.8. The molecule has 120 valence electrons. The van der Waals surface area contributed by atoms with Crippen LogP contribution in [0, 0.1) is 0 Å². The van der Waals surface area contributed by atoms with Gasteiger partial charge in [0.2, 0.25) is 5.88 Å². The predicted molar refractivity (Wildman–Crippen MR) is 86.1 cm³/mol. The van der Waals surface area contributed by atoms with E-state index in [1.165, 1.54) is 24.5 Å². The van der Waals surface area contributed by atoms with Gasteiger partial charge < -0.3 is 15.4 Å². The Bertz CT molecular complexity index is 918. The minimum absolute atomic E-state index is 0.173. The number of carbonyl (C=O) groups excluding carboxylic acids is 2. The number of nitrogens with zero attached hydrogens (tertiary/aromatic N) is 3. The third-order valence-corrected chi connectivity index (χ3v) is 3.26. The normalized spacial score (nSPS) is 11.0. The number of aromatic hydroxyl groups is 1. The summed E-state index contributed by atoms with van der Waals surface area (Å²) >= 11 is 0. The average Bonchev–Trinajstić information content (AvgIpc) is 2.93. The van der Waals surface area contributed by atoms with Crippen LogP contribution in [0.4, 0.5) is 5.69 Å². The fourth-order valence-electron chi connectivity index (χ4n) is 2.12. The summed E-state index contributed by atoms with van der Waals surface area (Å²) in [5.41, 5.74) is 1.26. The van der Waals surface area contributed by atoms with Crippen molar-refractivity contribution < 1.29 is 14.7 Å². The van der Waals surface area contributed by atoms with Crippen LogP contribution in [-0.2, 0) is 4.79 Å². The number of rotatable bonds is 4. The van der Waals surface area contributed by atoms with Gasteiger partial charge in [0, 0.05) is 23.3 Å². The van der Waals surface area contributed by atoms with Crippen molar-refractivity contribution in [1.82, 2.24) is 15.3 Å². The molecule has 0 bridgehead atoms. The molecule has 8 heteroatoms. The Balaban J connectivity index is 1.65. The number of H-pyrrole nitrogens is 1. The third kappa shape index (κ3) is 3.27. The number of aromatic amines is 1. The first-order valence-electron chi connectivity index (χ1n) is 7.07. The van der Waals surface area contributed by atoms with Gasteiger partial charge in [-0.1, -0.05) is 18.2 Å². The van der Waals surface area contributed by atoms with Gasteiger partial charge in [0.05, 0.1) is 5.52 Å². The lowest BCUT2D eigenvalue weighted by molar-refractivity contribution is -0.117. The molecule has 2 aromatic heterocycles. The zero-order valence-electron chi connectivity index (χ0n) is 12.4. The fraction of sp³-hybridized carbons (Fsp3) is 0.0625. The highest BCUT2D eigenvalue weighted by atomic mass is 16.3. The van der Waals surface area contributed by atoms with Crippen LogP contribution >= 0.6 is 0 Å². The Morgan fingerprint density at radius 1 is 1.17 bits per heavy atom. The monoisotopic (exact) mass is 323 g/mol. The third-order valence-electron chi connectivity index (χ3n) is 3.26. The molecule has 1 aromatic carbocycles. The summed E-state index contributed by atoms with van der Waals surface area (Å²) in [6.45, 7) is -0.298. The molecule has 0 unspecified atom stereocenters. The maximum absolute atomic E-state index is 11.8. The molecule has 0 saturated carbocycles. The second-order valence-corrected chi connectivity index (χ2v) is 4.88. The number of amides is 2. The highest BCUT2D eigenvalue weighted by molar-refractivity contribution is 5.97. The Labute approximate surface area is 136 Å². The van der Waals surface area contributed by atoms with Gasteiger partial charge in [-0.15, -0.1) is 10.2 Å². The number of fused-ring (bicyclic) bond motifs is 1. The first kappa shape index (κ1) is 15.3. The van der Waals surface area contributed by atoms with E-state index < -0.39 is 11.8 Å². The van der Waals surface area contributed by atoms with Crippen molar-refractivity contribution >= 4 is 28.4 Å². The number of aromatic nitrogens is 2. The second-order valence-electron chi connectivity index (χ2n) is 4.88. The van der Waals surface area contributed by atoms with Crippen molar-refractivity contribution in [3.63, 3.8) is 0 Å². The number of nitrogens with one attached hydrogen (secondary N) is 2. The fourth-order valence-corrected chi connectivity index (χ4v) is 2.12. The van der Waals surface area contributed by atoms with Gasteiger partial charge >= 0.3 is 0 Å². The van der Waals surface area contributed by atoms with Crippen LogP contribution in [0.25, 0.3) is 10.9 Å². The number of para-hydroxylation sites is 1. The number of hydrogen-bond donors (Lipinski definition) is 3. The molecule has 0 aliphatic heterocycles. The number of hydrogen-bond acceptors (Lipinski definition) is 5. The maximum Gasteiger partial charge on any atom is 0.283 e. The van der Waals surface area contributed by atoms with E-state index in [4.69, 9.17) is 0 Å². The molecule has 0 atom stereocenters. The molecule has 0 aliphatic carbocycles. The van der Waals surface area contributed by atoms with E-state index in [9.17, 15) is 14.7 Å². The van der Waals surface area contributed by atoms with Crippen LogP contribution < -0.4 is 5.32 Å². The highest BCUT2D eigenvalue weighted by Gasteiger charge is 2.11. The molecule has 0 spiro atoms. The molecule has 3 N–H and O–H groups in total. The SMILES string of the molecule is O=C(CNC(=O)c1ccncc1)N=Nc1c(O)[nH]c2ccccc12. The summed E-state index contributed by atoms with van der Waals surface area (Å²) in [6, 6.07) is 10.2. The number of pyridine rings is 1. The molecule has 3 aromatic rings. The molecule has 0 aliphatic rings. The summed E-state index contributed by atoms with van der Waals surface area (Å²) in [7, 11) is 0. The van der Waals surface area contributed by atoms with Crippen molar-refractivity contribution in [3.8, 4) is 5.88 Å². The van der Waals surface area contributed by atoms with Gasteiger partial charge in [-0.25, -0.2) is 0 Å². The molecular formula is C16H13N5O3. The van der Waals surface area contributed by atoms with Crippen LogP contribution in [0.2, 0.25) is 0 Å². The molecule has 2 amide bonds. The van der Waals surface area contributed by atoms with E-state index in [1.54, 1.807) is 24.3 Å². The molecule has 24 heavy (non-hydrogen) atoms. The summed E-state index contributed by atoms with van der Waals surface area (Å²) in [5.74, 6) is -1.22. The van der Waals surface area contributed by atoms with E-state index in [-0.39, 0.29) is 18.1 Å². The Hall–Kier alpha value is -3.55. The lowest BCUT2D eigenvalue weighted by atomic mass is 10.2. The molecule has 0 saturated heterocycles. The number of benzene rings is 1. The van der Waals surface area contributed by atoms with Gasteiger partial charge in [0.25, 0.3) is 11.8 Å². The van der Waals surface area contributed by atoms with Crippen LogP contribution in [0.15, 0.2) is 59.0 Å². The minimum atomic E-state index is -0.637. The van der Waals surface area contributed by atoms with E-state index in [0.29, 0.717) is 16.5 Å². The van der Waals surface area contributed by atoms with Crippen LogP contribution in [0.3, 0.4) is 0 Å². The highest BCUT2D eigenvalue weighted by Crippen LogP contribution is 2.35. The second kappa shape index (κ2) is 6.69. The zero-order chi connectivity index (χ0) is 16.9. The minimum Gasteiger partial charge on any atom is -0.493 e. The summed E-state index contributed by atoms with van der Waals surface area (Å²) in [4.78, 5) is 30.1. The standard InChI is InChI=1S/C16H13N5O3/c22-13(9-18-15(23)10-5-7-17-8-6-10)20-21-14-11-3-1-2-4-12(11)19-16(14)24/h1-8,19,24H,9H2,(H,18,23). The van der Waals surface area contributed by atoms with E-state index in [2.05, 4.69) is 25.5 Å². The van der Waals surface area contributed by atoms with Crippen LogP contribution in [-0.4, -0.2) is 33.4 Å². The van der Waals surface area contributed by atoms with Gasteiger partial charge in [-0.2, -0.15) is 0 Å². The van der Waals surface area contributed by atoms with E-state index >= 15 is 0 Å². The van der Waals surface area contributed by atoms with Gasteiger partial charge in [-0.3, -0.25) is 14.6 Å². The first-order valence-corrected chi connectivity index (χ1v) is 7.07. The molecule has 8 nitrogen and oxygen atoms in total. The summed E-state index contributed by atoms with van der Waals surface area (Å²) in [5, 5.41) is 20.2. The molecular weight excluding hydrogens is 310 g/mol. The number of carbonyl (C=O) groups is 2. The zero-order valence-corrected chi connectivity index (χ0v) is 12.4. The van der Waals surface area contributed by atoms with Crippen LogP contribution in [0.1, 0.15) is 10.4 Å². The van der Waals surface area contributed by atoms with Crippen molar-refractivity contribution in [1.29, 1.82) is 0 Å². The molecule has 3 rings (SSSR count). The molecule has 0 radical (unpaired) electrons. The Kier molecular flexibility index (Phi) is 4.28. The average molecular weight is 323 g/mol. The number of azo groups is 1. The summed E-state index contributed by atoms with van der Waals surface area (Å²) < 4.78 is 0. The van der Waals surface area contributed by atoms with E-state index in [0.717, 1.165) is 0 Å². The first-order chi connectivity index (χ1) is 11.6. The summed E-state index contributed by atoms with van der Waals surface area (Å²) in [6.07, 6.45) is 2.96. The molecule has 2 heterocycles. The quantitative estimate of drug-likeness (QED) is 0.638. The lowest BCUT2D eigenvalue weighted by Gasteiger charge is -2.01. The van der Waals surface area contributed by atoms with Gasteiger partial charge in [0.1, 0.15) is 6.54 Å². The molecule has 0 fully saturated rings. The predicted octanol–water partition coefficient (Wildman–Crippen LogP) is 2.31. The topological polar surface area (TPSA) is 120 Å². The van der Waals surface area contributed by atoms with Crippen molar-refractivity contribution in [2.45, 2.75) is 0 Å². The smallest absolute Gasteiger partial charge is 0.283 e. The lowest BCUT2D eigenvalue weighted by Crippen LogP contribution is -2.28. The van der Waals surface area contributed by atoms with Crippen molar-refractivity contribution in [2.24, 2.45) is 10.2 Å². The Morgan fingerprint density at radius 3 is 2.71 bits per heavy atom. The van der Waals surface area contributed by atoms with Gasteiger partial charge in [0.15, 0.2) is 5.69 Å². The van der Waals surface area contributed by atoms with E-state index in [1.807, 2.05) is 0 Å². The van der Waals surface area contributed by atoms with Crippen molar-refractivity contribution in [3.05, 3.63) is 54.4 Å². The Morgan fingerprint density at radius 2 is 1.92 bits per heavy atom.